The van der Waals surface area contributed by atoms with E-state index in [1.165, 1.54) is 0 Å². The summed E-state index contributed by atoms with van der Waals surface area (Å²) in [5.74, 6) is -2.33. The Hall–Kier alpha value is -3.84. The topological polar surface area (TPSA) is 137 Å². The summed E-state index contributed by atoms with van der Waals surface area (Å²) in [6, 6.07) is 4.07. The lowest BCUT2D eigenvalue weighted by Gasteiger charge is -2.15. The van der Waals surface area contributed by atoms with Crippen LogP contribution in [0.1, 0.15) is 92.9 Å². The van der Waals surface area contributed by atoms with Crippen LogP contribution in [-0.4, -0.2) is 85.3 Å². The van der Waals surface area contributed by atoms with Gasteiger partial charge in [-0.2, -0.15) is 111 Å². The van der Waals surface area contributed by atoms with Crippen molar-refractivity contribution in [2.24, 2.45) is 5.73 Å². The van der Waals surface area contributed by atoms with Crippen LogP contribution in [0.5, 0.6) is 0 Å². The molecule has 0 saturated heterocycles. The van der Waals surface area contributed by atoms with E-state index in [1.807, 2.05) is 6.08 Å². The molecule has 0 spiro atoms. The molecule has 0 aliphatic carbocycles. The number of nitrogens with one attached hydrogen (secondary N) is 1. The van der Waals surface area contributed by atoms with Crippen LogP contribution in [0.2, 0.25) is 0 Å². The minimum Gasteiger partial charge on any atom is -0.330 e. The van der Waals surface area contributed by atoms with Crippen molar-refractivity contribution in [3.05, 3.63) is 152 Å². The molecule has 0 atom stereocenters. The van der Waals surface area contributed by atoms with Crippen LogP contribution in [0.25, 0.3) is 0 Å². The average molecular weight is 1590 g/mol. The molecular formula is C52H56BrCl4F24N5O4S3. The summed E-state index contributed by atoms with van der Waals surface area (Å²) in [7, 11) is 4.14. The summed E-state index contributed by atoms with van der Waals surface area (Å²) in [4.78, 5) is 3.93. The SMILES string of the molecule is C=CCC.CN(C)CCCN.CN(C)CCCNS(=O)(=O)Cc1cc(C(F)(F)F)cc(C(F)(F)F)c1.ClC(Cl)Cl.FC(F)(F)c1cc(CBr)cc(C(F)(F)F)c1.N#CSCc1cc(C(F)(F)F)cc(C(F)(F)F)c1.O=S(=O)(Cl)Cc1cc(C(F)(F)F)cc(C(F)(F)F)c1. The third-order valence-electron chi connectivity index (χ3n) is 9.95. The van der Waals surface area contributed by atoms with Crippen LogP contribution in [-0.2, 0) is 91.1 Å². The lowest BCUT2D eigenvalue weighted by molar-refractivity contribution is -0.144. The van der Waals surface area contributed by atoms with Crippen molar-refractivity contribution < 1.29 is 122 Å². The van der Waals surface area contributed by atoms with E-state index in [2.05, 4.69) is 53.1 Å². The highest BCUT2D eigenvalue weighted by Gasteiger charge is 2.41. The van der Waals surface area contributed by atoms with E-state index in [4.69, 9.17) is 56.5 Å². The summed E-state index contributed by atoms with van der Waals surface area (Å²) in [5.41, 5.74) is -7.86. The second-order valence-corrected chi connectivity index (χ2v) is 26.4. The van der Waals surface area contributed by atoms with E-state index in [9.17, 15) is 122 Å². The number of nitrogens with two attached hydrogens (primary N) is 1. The number of allylic oxidation sites excluding steroid dienone is 1. The fourth-order valence-electron chi connectivity index (χ4n) is 6.02. The predicted octanol–water partition coefficient (Wildman–Crippen LogP) is 19.4. The Bertz CT molecular complexity index is 3020. The Labute approximate surface area is 551 Å². The highest BCUT2D eigenvalue weighted by Crippen LogP contribution is 2.41. The zero-order valence-corrected chi connectivity index (χ0v) is 55.4. The smallest absolute Gasteiger partial charge is 0.330 e. The van der Waals surface area contributed by atoms with Gasteiger partial charge in [0.05, 0.1) is 56.0 Å². The maximum absolute atomic E-state index is 12.8. The summed E-state index contributed by atoms with van der Waals surface area (Å²) in [6.45, 7) is 8.06. The lowest BCUT2D eigenvalue weighted by Crippen LogP contribution is -2.28. The average Bonchev–Trinajstić information content (AvgIpc) is 0.834. The van der Waals surface area contributed by atoms with Crippen LogP contribution in [0.15, 0.2) is 85.5 Å². The Morgan fingerprint density at radius 1 is 0.527 bits per heavy atom. The molecule has 3 N–H and O–H groups in total. The van der Waals surface area contributed by atoms with Gasteiger partial charge in [-0.3, -0.25) is 0 Å². The molecule has 4 aromatic carbocycles. The van der Waals surface area contributed by atoms with Gasteiger partial charge >= 0.3 is 49.4 Å². The number of benzene rings is 4. The Morgan fingerprint density at radius 3 is 0.978 bits per heavy atom. The molecule has 0 fully saturated rings. The molecular weight excluding hydrogens is 1530 g/mol. The van der Waals surface area contributed by atoms with Crippen molar-refractivity contribution in [1.82, 2.24) is 14.5 Å². The number of rotatable bonds is 16. The van der Waals surface area contributed by atoms with Gasteiger partial charge in [-0.1, -0.05) is 63.7 Å². The first kappa shape index (κ1) is 93.3. The molecule has 0 saturated carbocycles. The number of thiocyanates is 1. The molecule has 0 radical (unpaired) electrons. The fraction of sp³-hybridized carbons (Fsp3) is 0.481. The molecule has 4 rings (SSSR count). The highest BCUT2D eigenvalue weighted by molar-refractivity contribution is 9.08. The number of hydrogen-bond donors (Lipinski definition) is 2. The molecule has 0 heterocycles. The van der Waals surface area contributed by atoms with Crippen molar-refractivity contribution in [3.8, 4) is 5.40 Å². The van der Waals surface area contributed by atoms with E-state index >= 15 is 0 Å². The van der Waals surface area contributed by atoms with E-state index in [0.29, 0.717) is 73.3 Å². The fourth-order valence-corrected chi connectivity index (χ4v) is 8.85. The van der Waals surface area contributed by atoms with Crippen LogP contribution < -0.4 is 10.5 Å². The summed E-state index contributed by atoms with van der Waals surface area (Å²) in [6.07, 6.45) is -34.8. The number of nitrogens with zero attached hydrogens (tertiary/aromatic N) is 3. The number of hydrogen-bond acceptors (Lipinski definition) is 9. The van der Waals surface area contributed by atoms with Gasteiger partial charge in [0.1, 0.15) is 5.40 Å². The maximum atomic E-state index is 12.8. The quantitative estimate of drug-likeness (QED) is 0.0281. The third kappa shape index (κ3) is 44.6. The predicted molar refractivity (Wildman–Crippen MR) is 312 cm³/mol. The van der Waals surface area contributed by atoms with Crippen LogP contribution in [0, 0.1) is 10.7 Å². The molecule has 93 heavy (non-hydrogen) atoms. The zero-order valence-electron chi connectivity index (χ0n) is 48.3. The number of halogens is 29. The van der Waals surface area contributed by atoms with Crippen molar-refractivity contribution in [3.63, 3.8) is 0 Å². The standard InChI is InChI=1S/C14H18F6N2O2S.C10H5F6NS.C9H5BrF6.C9H5ClF6O2S.C5H14N2.C4H8.CHCl3/c1-22(2)5-3-4-21-25(23,24)9-10-6-11(13(15,16)17)8-12(7-10)14(18,19)20;11-9(12,13)7-1-6(4-18-5-17)2-8(3-7)10(14,15)16;10-4-5-1-6(8(11,12)13)3-7(2-5)9(14,15)16;10-19(17,18)4-5-1-6(8(11,12)13)3-7(2-5)9(14,15)16;1-7(2)5-3-4-6;1-3-4-2;2-1(3)4/h6-8,21H,3-5,9H2,1-2H3;1-3H,4H2;1-3H,4H2;1-3H,4H2;3-6H2,1-2H3;3H,1,4H2,2H3;1H. The van der Waals surface area contributed by atoms with Crippen molar-refractivity contribution >= 4 is 92.3 Å². The molecule has 534 valence electrons. The van der Waals surface area contributed by atoms with E-state index in [1.54, 1.807) is 24.4 Å². The lowest BCUT2D eigenvalue weighted by atomic mass is 10.1. The highest BCUT2D eigenvalue weighted by atomic mass is 79.9. The molecule has 0 unspecified atom stereocenters. The van der Waals surface area contributed by atoms with Crippen molar-refractivity contribution in [1.29, 1.82) is 5.26 Å². The first-order valence-electron chi connectivity index (χ1n) is 24.8. The molecule has 0 aliphatic rings. The van der Waals surface area contributed by atoms with Gasteiger partial charge in [0, 0.05) is 28.3 Å². The molecule has 41 heteroatoms. The normalized spacial score (nSPS) is 12.4. The first-order chi connectivity index (χ1) is 41.7. The largest absolute Gasteiger partial charge is 0.416 e. The van der Waals surface area contributed by atoms with Crippen LogP contribution in [0.4, 0.5) is 105 Å². The Morgan fingerprint density at radius 2 is 0.774 bits per heavy atom. The van der Waals surface area contributed by atoms with Gasteiger partial charge in [0.15, 0.2) is 4.30 Å². The molecule has 0 amide bonds. The van der Waals surface area contributed by atoms with Gasteiger partial charge in [-0.05, 0) is 174 Å². The minimum atomic E-state index is -5.02. The third-order valence-corrected chi connectivity index (χ3v) is 13.6. The monoisotopic (exact) mass is 1590 g/mol. The van der Waals surface area contributed by atoms with Gasteiger partial charge in [-0.15, -0.1) is 6.58 Å². The Kier molecular flexibility index (Phi) is 40.9. The molecule has 9 nitrogen and oxygen atoms in total. The number of thioether (sulfide) groups is 1. The van der Waals surface area contributed by atoms with E-state index < -0.39 is 140 Å². The number of sulfonamides is 1. The van der Waals surface area contributed by atoms with Crippen LogP contribution >= 0.6 is 73.2 Å². The Balaban J connectivity index is -0.00000109. The maximum Gasteiger partial charge on any atom is 0.416 e. The number of alkyl halides is 28. The zero-order chi connectivity index (χ0) is 73.8. The van der Waals surface area contributed by atoms with Gasteiger partial charge < -0.3 is 15.5 Å². The van der Waals surface area contributed by atoms with Gasteiger partial charge in [-0.25, -0.2) is 21.6 Å². The van der Waals surface area contributed by atoms with Crippen LogP contribution in [0.3, 0.4) is 0 Å². The first-order valence-corrected chi connectivity index (χ1v) is 32.4. The summed E-state index contributed by atoms with van der Waals surface area (Å²) in [5, 5.41) is 9.77. The van der Waals surface area contributed by atoms with Crippen molar-refractivity contribution in [2.45, 2.75) is 102 Å². The molecule has 0 bridgehead atoms. The van der Waals surface area contributed by atoms with Gasteiger partial charge in [0.25, 0.3) is 0 Å². The summed E-state index contributed by atoms with van der Waals surface area (Å²) < 4.78 is 346. The minimum absolute atomic E-state index is 0.0333. The van der Waals surface area contributed by atoms with E-state index in [-0.39, 0.29) is 53.0 Å². The van der Waals surface area contributed by atoms with E-state index in [0.717, 1.165) is 25.9 Å². The second kappa shape index (κ2) is 40.8. The molecule has 0 aliphatic heterocycles. The summed E-state index contributed by atoms with van der Waals surface area (Å²) >= 11 is 17.8. The second-order valence-electron chi connectivity index (χ2n) is 18.6. The molecule has 0 aromatic heterocycles. The molecule has 4 aromatic rings. The van der Waals surface area contributed by atoms with Gasteiger partial charge in [0.2, 0.25) is 19.1 Å². The van der Waals surface area contributed by atoms with Crippen molar-refractivity contribution in [2.75, 3.05) is 54.4 Å². The number of nitriles is 1.